The number of β-lactam (4-membered cyclic amide) rings is 2. The first-order valence-corrected chi connectivity index (χ1v) is 13.1. The Morgan fingerprint density at radius 1 is 1.25 bits per heavy atom. The maximum Gasteiger partial charge on any atom is 0.410 e. The summed E-state index contributed by atoms with van der Waals surface area (Å²) in [5.41, 5.74) is 0.212. The van der Waals surface area contributed by atoms with E-state index in [-0.39, 0.29) is 59.9 Å². The maximum atomic E-state index is 13.0. The van der Waals surface area contributed by atoms with Gasteiger partial charge in [-0.15, -0.1) is 11.8 Å². The number of nitrogens with one attached hydrogen (secondary N) is 1. The van der Waals surface area contributed by atoms with Gasteiger partial charge in [-0.2, -0.15) is 0 Å². The molecule has 4 aliphatic heterocycles. The van der Waals surface area contributed by atoms with Crippen molar-refractivity contribution in [1.29, 1.82) is 0 Å². The molecular weight excluding hydrogens is 486 g/mol. The first-order chi connectivity index (χ1) is 17.2. The lowest BCUT2D eigenvalue weighted by Crippen LogP contribution is -2.63. The zero-order chi connectivity index (χ0) is 26.1. The number of carbonyl (C=O) groups excluding carboxylic acids is 4. The molecule has 1 unspecified atom stereocenters. The maximum absolute atomic E-state index is 13.0. The van der Waals surface area contributed by atoms with E-state index in [0.717, 1.165) is 4.91 Å². The molecule has 196 valence electrons. The first-order valence-electron chi connectivity index (χ1n) is 12.2. The molecule has 0 aromatic carbocycles. The largest absolute Gasteiger partial charge is 0.457 e. The highest BCUT2D eigenvalue weighted by atomic mass is 32.2. The molecular formula is C25H33N3O7S. The summed E-state index contributed by atoms with van der Waals surface area (Å²) in [6.07, 6.45) is 2.81. The number of thioether (sulfide) groups is 1. The Balaban J connectivity index is 1.56. The van der Waals surface area contributed by atoms with Crippen LogP contribution in [0.3, 0.4) is 0 Å². The van der Waals surface area contributed by atoms with Gasteiger partial charge in [0.15, 0.2) is 0 Å². The lowest BCUT2D eigenvalue weighted by Gasteiger charge is -2.46. The minimum Gasteiger partial charge on any atom is -0.457 e. The van der Waals surface area contributed by atoms with Crippen molar-refractivity contribution in [2.45, 2.75) is 50.1 Å². The van der Waals surface area contributed by atoms with Gasteiger partial charge in [0.05, 0.1) is 24.0 Å². The minimum atomic E-state index is -0.837. The molecule has 0 saturated carbocycles. The summed E-state index contributed by atoms with van der Waals surface area (Å²) in [6, 6.07) is -0.510. The Hall–Kier alpha value is -2.79. The molecule has 0 bridgehead atoms. The summed E-state index contributed by atoms with van der Waals surface area (Å²) in [7, 11) is 0. The Bertz CT molecular complexity index is 996. The van der Waals surface area contributed by atoms with Crippen LogP contribution in [0.2, 0.25) is 0 Å². The molecule has 4 rings (SSSR count). The number of fused-ring (bicyclic) bond motifs is 1. The lowest BCUT2D eigenvalue weighted by molar-refractivity contribution is -0.164. The van der Waals surface area contributed by atoms with E-state index in [1.807, 2.05) is 6.92 Å². The van der Waals surface area contributed by atoms with E-state index in [0.29, 0.717) is 25.9 Å². The normalized spacial score (nSPS) is 31.8. The number of aliphatic hydroxyl groups excluding tert-OH is 1. The third kappa shape index (κ3) is 4.66. The molecule has 36 heavy (non-hydrogen) atoms. The van der Waals surface area contributed by atoms with Crippen LogP contribution in [-0.4, -0.2) is 88.5 Å². The van der Waals surface area contributed by atoms with Crippen LogP contribution in [0.15, 0.2) is 35.9 Å². The molecule has 0 aromatic rings. The molecule has 7 atom stereocenters. The highest BCUT2D eigenvalue weighted by Gasteiger charge is 2.60. The Morgan fingerprint density at radius 2 is 1.94 bits per heavy atom. The third-order valence-electron chi connectivity index (χ3n) is 7.31. The highest BCUT2D eigenvalue weighted by Crippen LogP contribution is 2.52. The van der Waals surface area contributed by atoms with Crippen LogP contribution in [-0.2, 0) is 23.9 Å². The van der Waals surface area contributed by atoms with Crippen molar-refractivity contribution in [2.24, 2.45) is 17.8 Å². The van der Waals surface area contributed by atoms with Crippen molar-refractivity contribution >= 4 is 35.6 Å². The molecule has 0 radical (unpaired) electrons. The van der Waals surface area contributed by atoms with E-state index in [2.05, 4.69) is 18.5 Å². The smallest absolute Gasteiger partial charge is 0.410 e. The summed E-state index contributed by atoms with van der Waals surface area (Å²) in [4.78, 5) is 54.3. The predicted molar refractivity (Wildman–Crippen MR) is 132 cm³/mol. The number of hydrogen-bond acceptors (Lipinski definition) is 8. The number of hydrogen-bond donors (Lipinski definition) is 2. The van der Waals surface area contributed by atoms with Gasteiger partial charge in [0.1, 0.15) is 18.9 Å². The minimum absolute atomic E-state index is 0.0130. The Kier molecular flexibility index (Phi) is 7.79. The summed E-state index contributed by atoms with van der Waals surface area (Å²) in [6.45, 7) is 11.7. The fraction of sp³-hybridized carbons (Fsp3) is 0.600. The first kappa shape index (κ1) is 26.3. The number of esters is 1. The molecule has 11 heteroatoms. The zero-order valence-electron chi connectivity index (χ0n) is 20.6. The van der Waals surface area contributed by atoms with Crippen molar-refractivity contribution in [2.75, 3.05) is 26.3 Å². The van der Waals surface area contributed by atoms with Crippen LogP contribution in [0, 0.1) is 17.8 Å². The second-order valence-electron chi connectivity index (χ2n) is 9.68. The average molecular weight is 520 g/mol. The summed E-state index contributed by atoms with van der Waals surface area (Å²) < 4.78 is 10.6. The van der Waals surface area contributed by atoms with E-state index in [1.165, 1.54) is 28.8 Å². The van der Waals surface area contributed by atoms with Crippen molar-refractivity contribution in [3.05, 3.63) is 35.9 Å². The number of carbonyl (C=O) groups is 4. The molecule has 3 fully saturated rings. The SMILES string of the molecule is C=CCOC(=O)C1=C(S[C@H]2C[C@@H](CC3CNC3=O)N(C(=O)OCC=C)C2)[C@H](C)[C@@H]2[C@@H]([C@@H](C)O)C(=O)N12. The molecule has 4 heterocycles. The Labute approximate surface area is 214 Å². The molecule has 3 saturated heterocycles. The van der Waals surface area contributed by atoms with Gasteiger partial charge in [-0.25, -0.2) is 9.59 Å². The molecule has 4 aliphatic rings. The number of likely N-dealkylation sites (tertiary alicyclic amines) is 1. The fourth-order valence-corrected chi connectivity index (χ4v) is 7.08. The number of rotatable bonds is 10. The third-order valence-corrected chi connectivity index (χ3v) is 8.81. The zero-order valence-corrected chi connectivity index (χ0v) is 21.4. The van der Waals surface area contributed by atoms with Crippen molar-refractivity contribution in [1.82, 2.24) is 15.1 Å². The molecule has 3 amide bonds. The fourth-order valence-electron chi connectivity index (χ4n) is 5.52. The van der Waals surface area contributed by atoms with Gasteiger partial charge >= 0.3 is 12.1 Å². The number of ether oxygens (including phenoxy) is 2. The van der Waals surface area contributed by atoms with Gasteiger partial charge in [-0.1, -0.05) is 32.2 Å². The van der Waals surface area contributed by atoms with Crippen LogP contribution >= 0.6 is 11.8 Å². The average Bonchev–Trinajstić information content (AvgIpc) is 3.35. The van der Waals surface area contributed by atoms with Crippen molar-refractivity contribution < 1.29 is 33.8 Å². The van der Waals surface area contributed by atoms with Crippen LogP contribution in [0.25, 0.3) is 0 Å². The van der Waals surface area contributed by atoms with Gasteiger partial charge in [0.2, 0.25) is 11.8 Å². The van der Waals surface area contributed by atoms with Gasteiger partial charge in [-0.05, 0) is 19.8 Å². The predicted octanol–water partition coefficient (Wildman–Crippen LogP) is 1.42. The number of amides is 3. The van der Waals surface area contributed by atoms with Crippen LogP contribution < -0.4 is 5.32 Å². The summed E-state index contributed by atoms with van der Waals surface area (Å²) >= 11 is 1.47. The Morgan fingerprint density at radius 3 is 2.53 bits per heavy atom. The van der Waals surface area contributed by atoms with E-state index >= 15 is 0 Å². The van der Waals surface area contributed by atoms with Gasteiger partial charge in [0.25, 0.3) is 0 Å². The van der Waals surface area contributed by atoms with Crippen molar-refractivity contribution in [3.8, 4) is 0 Å². The van der Waals surface area contributed by atoms with E-state index in [1.54, 1.807) is 11.8 Å². The molecule has 0 aromatic heterocycles. The topological polar surface area (TPSA) is 125 Å². The van der Waals surface area contributed by atoms with Crippen LogP contribution in [0.5, 0.6) is 0 Å². The van der Waals surface area contributed by atoms with E-state index in [4.69, 9.17) is 9.47 Å². The summed E-state index contributed by atoms with van der Waals surface area (Å²) in [5.74, 6) is -1.83. The highest BCUT2D eigenvalue weighted by molar-refractivity contribution is 8.03. The van der Waals surface area contributed by atoms with Crippen molar-refractivity contribution in [3.63, 3.8) is 0 Å². The molecule has 10 nitrogen and oxygen atoms in total. The molecule has 2 N–H and O–H groups in total. The van der Waals surface area contributed by atoms with Gasteiger partial charge < -0.3 is 29.7 Å². The van der Waals surface area contributed by atoms with E-state index < -0.39 is 24.1 Å². The second kappa shape index (κ2) is 10.7. The standard InChI is InChI=1S/C25H33N3O7S/c1-5-7-34-24(32)20-21(13(3)19-18(14(4)29)23(31)28(19)20)36-17-10-16(9-15-11-26-22(15)30)27(12-17)25(33)35-8-6-2/h5-6,13-19,29H,1-2,7-12H2,3-4H3,(H,26,30)/t13-,14-,15?,16-,17+,18-,19-/m1/s1. The monoisotopic (exact) mass is 519 g/mol. The van der Waals surface area contributed by atoms with Crippen LogP contribution in [0.1, 0.15) is 26.7 Å². The number of aliphatic hydroxyl groups is 1. The number of nitrogens with zero attached hydrogens (tertiary/aromatic N) is 2. The quantitative estimate of drug-likeness (QED) is 0.252. The van der Waals surface area contributed by atoms with Gasteiger partial charge in [-0.3, -0.25) is 9.59 Å². The van der Waals surface area contributed by atoms with E-state index in [9.17, 15) is 24.3 Å². The summed E-state index contributed by atoms with van der Waals surface area (Å²) in [5, 5.41) is 12.8. The lowest BCUT2D eigenvalue weighted by atomic mass is 9.79. The molecule has 0 aliphatic carbocycles. The molecule has 0 spiro atoms. The van der Waals surface area contributed by atoms with Gasteiger partial charge in [0, 0.05) is 35.2 Å². The second-order valence-corrected chi connectivity index (χ2v) is 11.0. The van der Waals surface area contributed by atoms with Crippen LogP contribution in [0.4, 0.5) is 4.79 Å².